The second-order valence-corrected chi connectivity index (χ2v) is 4.00. The van der Waals surface area contributed by atoms with Crippen LogP contribution in [0, 0.1) is 20.8 Å². The van der Waals surface area contributed by atoms with E-state index in [0.717, 1.165) is 0 Å². The van der Waals surface area contributed by atoms with Crippen LogP contribution in [0.4, 0.5) is 0 Å². The molecule has 0 N–H and O–H groups in total. The van der Waals surface area contributed by atoms with Gasteiger partial charge < -0.3 is 0 Å². The molecule has 1 rings (SSSR count). The third-order valence-corrected chi connectivity index (χ3v) is 1.66. The molecular formula is C15H28. The van der Waals surface area contributed by atoms with Gasteiger partial charge in [0.25, 0.3) is 0 Å². The molecule has 0 saturated carbocycles. The van der Waals surface area contributed by atoms with Crippen molar-refractivity contribution in [3.63, 3.8) is 0 Å². The molecule has 0 bridgehead atoms. The Morgan fingerprint density at radius 2 is 1.13 bits per heavy atom. The highest BCUT2D eigenvalue weighted by atomic mass is 13.9. The molecule has 0 nitrogen and oxygen atoms in total. The van der Waals surface area contributed by atoms with Crippen molar-refractivity contribution in [1.29, 1.82) is 0 Å². The Bertz CT molecular complexity index is 234. The van der Waals surface area contributed by atoms with E-state index < -0.39 is 0 Å². The van der Waals surface area contributed by atoms with Crippen molar-refractivity contribution in [3.8, 4) is 0 Å². The molecule has 0 heterocycles. The second kappa shape index (κ2) is 11.3. The molecule has 0 aliphatic heterocycles. The van der Waals surface area contributed by atoms with Gasteiger partial charge in [0, 0.05) is 0 Å². The van der Waals surface area contributed by atoms with Gasteiger partial charge in [-0.15, -0.1) is 0 Å². The van der Waals surface area contributed by atoms with Gasteiger partial charge in [-0.2, -0.15) is 0 Å². The average molecular weight is 208 g/mol. The lowest BCUT2D eigenvalue weighted by molar-refractivity contribution is 1.09. The maximum Gasteiger partial charge on any atom is -0.0395 e. The third kappa shape index (κ3) is 11.1. The highest BCUT2D eigenvalue weighted by Crippen LogP contribution is 2.07. The number of aryl methyl sites for hydroxylation is 3. The summed E-state index contributed by atoms with van der Waals surface area (Å²) >= 11 is 0. The summed E-state index contributed by atoms with van der Waals surface area (Å²) in [5, 5.41) is 0. The summed E-state index contributed by atoms with van der Waals surface area (Å²) in [4.78, 5) is 0. The van der Waals surface area contributed by atoms with Crippen LogP contribution in [0.15, 0.2) is 18.2 Å². The van der Waals surface area contributed by atoms with Gasteiger partial charge in [0.1, 0.15) is 0 Å². The van der Waals surface area contributed by atoms with E-state index in [2.05, 4.69) is 66.7 Å². The van der Waals surface area contributed by atoms with E-state index in [4.69, 9.17) is 0 Å². The summed E-state index contributed by atoms with van der Waals surface area (Å²) in [6, 6.07) is 6.50. The number of hydrogen-bond acceptors (Lipinski definition) is 0. The quantitative estimate of drug-likeness (QED) is 0.532. The zero-order valence-corrected chi connectivity index (χ0v) is 11.6. The molecule has 0 spiro atoms. The van der Waals surface area contributed by atoms with Crippen LogP contribution in [0.3, 0.4) is 0 Å². The first-order valence-electron chi connectivity index (χ1n) is 6.07. The highest BCUT2D eigenvalue weighted by Gasteiger charge is 1.89. The molecule has 0 aliphatic rings. The van der Waals surface area contributed by atoms with Crippen molar-refractivity contribution in [2.75, 3.05) is 0 Å². The Labute approximate surface area is 96.7 Å². The van der Waals surface area contributed by atoms with Gasteiger partial charge in [-0.25, -0.2) is 0 Å². The summed E-state index contributed by atoms with van der Waals surface area (Å²) in [6.07, 6.45) is 2.50. The molecule has 0 atom stereocenters. The number of benzene rings is 1. The molecule has 0 heteroatoms. The predicted molar refractivity (Wildman–Crippen MR) is 72.6 cm³/mol. The fourth-order valence-electron chi connectivity index (χ4n) is 0.891. The minimum Gasteiger partial charge on any atom is -0.0656 e. The Morgan fingerprint density at radius 1 is 0.733 bits per heavy atom. The van der Waals surface area contributed by atoms with E-state index >= 15 is 0 Å². The van der Waals surface area contributed by atoms with Gasteiger partial charge in [0.15, 0.2) is 0 Å². The van der Waals surface area contributed by atoms with Crippen molar-refractivity contribution in [2.24, 2.45) is 0 Å². The lowest BCUT2D eigenvalue weighted by Gasteiger charge is -1.98. The van der Waals surface area contributed by atoms with E-state index in [1.807, 2.05) is 0 Å². The largest absolute Gasteiger partial charge is 0.0656 e. The Hall–Kier alpha value is -0.780. The molecule has 0 fully saturated rings. The molecule has 0 aliphatic carbocycles. The standard InChI is InChI=1S/C9H12.2C3H8/c1-7-4-5-8(2)9(3)6-7;2*1-3-2/h4-6H,1-3H3;2*3H2,1-2H3. The minimum absolute atomic E-state index is 1.25. The summed E-state index contributed by atoms with van der Waals surface area (Å²) in [5.74, 6) is 0. The van der Waals surface area contributed by atoms with Crippen LogP contribution in [0.5, 0.6) is 0 Å². The molecule has 0 unspecified atom stereocenters. The molecule has 88 valence electrons. The summed E-state index contributed by atoms with van der Waals surface area (Å²) in [6.45, 7) is 14.9. The zero-order chi connectivity index (χ0) is 12.3. The predicted octanol–water partition coefficient (Wildman–Crippen LogP) is 5.44. The van der Waals surface area contributed by atoms with Crippen LogP contribution < -0.4 is 0 Å². The van der Waals surface area contributed by atoms with Crippen LogP contribution in [-0.2, 0) is 0 Å². The fourth-order valence-corrected chi connectivity index (χ4v) is 0.891. The van der Waals surface area contributed by atoms with E-state index in [-0.39, 0.29) is 0 Å². The summed E-state index contributed by atoms with van der Waals surface area (Å²) < 4.78 is 0. The summed E-state index contributed by atoms with van der Waals surface area (Å²) in [7, 11) is 0. The topological polar surface area (TPSA) is 0 Å². The van der Waals surface area contributed by atoms with Crippen molar-refractivity contribution in [2.45, 2.75) is 61.3 Å². The van der Waals surface area contributed by atoms with E-state index in [0.29, 0.717) is 0 Å². The van der Waals surface area contributed by atoms with Crippen LogP contribution in [0.1, 0.15) is 57.2 Å². The van der Waals surface area contributed by atoms with Gasteiger partial charge in [-0.3, -0.25) is 0 Å². The minimum atomic E-state index is 1.25. The van der Waals surface area contributed by atoms with Crippen LogP contribution in [0.25, 0.3) is 0 Å². The van der Waals surface area contributed by atoms with Gasteiger partial charge in [-0.1, -0.05) is 64.3 Å². The second-order valence-electron chi connectivity index (χ2n) is 4.00. The number of rotatable bonds is 0. The average Bonchev–Trinajstić information content (AvgIpc) is 2.14. The van der Waals surface area contributed by atoms with E-state index in [1.165, 1.54) is 29.5 Å². The Morgan fingerprint density at radius 3 is 1.40 bits per heavy atom. The Kier molecular flexibility index (Phi) is 12.5. The lowest BCUT2D eigenvalue weighted by atomic mass is 10.1. The third-order valence-electron chi connectivity index (χ3n) is 1.66. The molecule has 1 aromatic rings. The monoisotopic (exact) mass is 208 g/mol. The first-order chi connectivity index (χ1) is 7.03. The maximum atomic E-state index is 2.20. The molecule has 0 amide bonds. The number of hydrogen-bond donors (Lipinski definition) is 0. The van der Waals surface area contributed by atoms with Gasteiger partial charge in [-0.05, 0) is 31.9 Å². The van der Waals surface area contributed by atoms with Gasteiger partial charge >= 0.3 is 0 Å². The lowest BCUT2D eigenvalue weighted by Crippen LogP contribution is -1.79. The molecule has 1 aromatic carbocycles. The Balaban J connectivity index is 0. The smallest absolute Gasteiger partial charge is 0.0395 e. The fraction of sp³-hybridized carbons (Fsp3) is 0.600. The van der Waals surface area contributed by atoms with Gasteiger partial charge in [0.05, 0.1) is 0 Å². The first-order valence-corrected chi connectivity index (χ1v) is 6.07. The SMILES string of the molecule is CCC.CCC.Cc1ccc(C)c(C)c1. The summed E-state index contributed by atoms with van der Waals surface area (Å²) in [5.41, 5.74) is 4.11. The van der Waals surface area contributed by atoms with Gasteiger partial charge in [0.2, 0.25) is 0 Å². The maximum absolute atomic E-state index is 2.20. The van der Waals surface area contributed by atoms with Crippen LogP contribution in [-0.4, -0.2) is 0 Å². The van der Waals surface area contributed by atoms with E-state index in [9.17, 15) is 0 Å². The van der Waals surface area contributed by atoms with Crippen molar-refractivity contribution >= 4 is 0 Å². The molecule has 0 radical (unpaired) electrons. The van der Waals surface area contributed by atoms with Crippen LogP contribution >= 0.6 is 0 Å². The molecule has 0 saturated heterocycles. The van der Waals surface area contributed by atoms with Crippen LogP contribution in [0.2, 0.25) is 0 Å². The first kappa shape index (κ1) is 16.6. The highest BCUT2D eigenvalue weighted by molar-refractivity contribution is 5.28. The molecule has 0 aromatic heterocycles. The van der Waals surface area contributed by atoms with Crippen molar-refractivity contribution in [3.05, 3.63) is 34.9 Å². The molecular weight excluding hydrogens is 180 g/mol. The van der Waals surface area contributed by atoms with E-state index in [1.54, 1.807) is 0 Å². The van der Waals surface area contributed by atoms with Crippen molar-refractivity contribution < 1.29 is 0 Å². The molecule has 15 heavy (non-hydrogen) atoms. The zero-order valence-electron chi connectivity index (χ0n) is 11.6. The normalized spacial score (nSPS) is 8.20. The van der Waals surface area contributed by atoms with Crippen molar-refractivity contribution in [1.82, 2.24) is 0 Å².